The SMILES string of the molecule is Cc1cncc(CNC2CC=CC2)c1. The van der Waals surface area contributed by atoms with E-state index in [0.29, 0.717) is 6.04 Å². The number of pyridine rings is 1. The molecule has 0 amide bonds. The normalized spacial score (nSPS) is 16.4. The second kappa shape index (κ2) is 4.38. The Balaban J connectivity index is 1.85. The molecule has 2 rings (SSSR count). The van der Waals surface area contributed by atoms with Crippen LogP contribution < -0.4 is 5.32 Å². The molecule has 0 atom stereocenters. The van der Waals surface area contributed by atoms with Crippen LogP contribution in [-0.4, -0.2) is 11.0 Å². The van der Waals surface area contributed by atoms with Gasteiger partial charge in [0, 0.05) is 25.0 Å². The number of rotatable bonds is 3. The maximum atomic E-state index is 4.17. The molecule has 0 aromatic carbocycles. The molecule has 0 unspecified atom stereocenters. The first-order chi connectivity index (χ1) is 6.84. The summed E-state index contributed by atoms with van der Waals surface area (Å²) >= 11 is 0. The molecule has 1 aromatic rings. The third-order valence-electron chi connectivity index (χ3n) is 2.53. The van der Waals surface area contributed by atoms with Gasteiger partial charge < -0.3 is 5.32 Å². The van der Waals surface area contributed by atoms with E-state index >= 15 is 0 Å². The summed E-state index contributed by atoms with van der Waals surface area (Å²) in [6.45, 7) is 3.01. The highest BCUT2D eigenvalue weighted by atomic mass is 14.9. The molecule has 74 valence electrons. The molecular formula is C12H16N2. The number of nitrogens with one attached hydrogen (secondary N) is 1. The Morgan fingerprint density at radius 3 is 2.86 bits per heavy atom. The molecule has 0 aliphatic heterocycles. The van der Waals surface area contributed by atoms with Crippen molar-refractivity contribution in [2.45, 2.75) is 32.4 Å². The Hall–Kier alpha value is -1.15. The fraction of sp³-hybridized carbons (Fsp3) is 0.417. The Morgan fingerprint density at radius 2 is 2.14 bits per heavy atom. The van der Waals surface area contributed by atoms with Crippen molar-refractivity contribution in [3.63, 3.8) is 0 Å². The summed E-state index contributed by atoms with van der Waals surface area (Å²) in [4.78, 5) is 4.17. The van der Waals surface area contributed by atoms with E-state index in [-0.39, 0.29) is 0 Å². The first-order valence-corrected chi connectivity index (χ1v) is 5.13. The van der Waals surface area contributed by atoms with E-state index in [1.165, 1.54) is 24.0 Å². The van der Waals surface area contributed by atoms with E-state index in [0.717, 1.165) is 6.54 Å². The molecule has 1 aliphatic rings. The second-order valence-electron chi connectivity index (χ2n) is 3.89. The van der Waals surface area contributed by atoms with Crippen LogP contribution in [0.3, 0.4) is 0 Å². The van der Waals surface area contributed by atoms with Crippen molar-refractivity contribution in [2.24, 2.45) is 0 Å². The minimum Gasteiger partial charge on any atom is -0.309 e. The van der Waals surface area contributed by atoms with E-state index in [9.17, 15) is 0 Å². The Kier molecular flexibility index (Phi) is 2.94. The molecule has 0 saturated heterocycles. The molecule has 2 heteroatoms. The van der Waals surface area contributed by atoms with Gasteiger partial charge in [0.1, 0.15) is 0 Å². The zero-order valence-electron chi connectivity index (χ0n) is 8.53. The quantitative estimate of drug-likeness (QED) is 0.735. The van der Waals surface area contributed by atoms with Gasteiger partial charge in [0.2, 0.25) is 0 Å². The van der Waals surface area contributed by atoms with Crippen LogP contribution in [0.2, 0.25) is 0 Å². The first kappa shape index (κ1) is 9.41. The number of aromatic nitrogens is 1. The van der Waals surface area contributed by atoms with E-state index in [4.69, 9.17) is 0 Å². The fourth-order valence-electron chi connectivity index (χ4n) is 1.76. The van der Waals surface area contributed by atoms with Crippen molar-refractivity contribution in [3.05, 3.63) is 41.7 Å². The third-order valence-corrected chi connectivity index (χ3v) is 2.53. The van der Waals surface area contributed by atoms with Gasteiger partial charge in [-0.15, -0.1) is 0 Å². The average Bonchev–Trinajstić information content (AvgIpc) is 2.67. The average molecular weight is 188 g/mol. The summed E-state index contributed by atoms with van der Waals surface area (Å²) < 4.78 is 0. The molecule has 1 aromatic heterocycles. The highest BCUT2D eigenvalue weighted by Gasteiger charge is 2.08. The maximum Gasteiger partial charge on any atom is 0.0313 e. The van der Waals surface area contributed by atoms with Gasteiger partial charge in [0.05, 0.1) is 0 Å². The molecule has 0 fully saturated rings. The molecule has 0 radical (unpaired) electrons. The lowest BCUT2D eigenvalue weighted by Crippen LogP contribution is -2.25. The third kappa shape index (κ3) is 2.42. The van der Waals surface area contributed by atoms with Crippen LogP contribution in [0.15, 0.2) is 30.6 Å². The molecule has 0 saturated carbocycles. The van der Waals surface area contributed by atoms with Gasteiger partial charge in [0.15, 0.2) is 0 Å². The largest absolute Gasteiger partial charge is 0.309 e. The smallest absolute Gasteiger partial charge is 0.0313 e. The number of hydrogen-bond acceptors (Lipinski definition) is 2. The Bertz CT molecular complexity index is 323. The molecule has 2 nitrogen and oxygen atoms in total. The fourth-order valence-corrected chi connectivity index (χ4v) is 1.76. The molecule has 14 heavy (non-hydrogen) atoms. The molecule has 1 heterocycles. The van der Waals surface area contributed by atoms with E-state index in [1.807, 2.05) is 12.4 Å². The summed E-state index contributed by atoms with van der Waals surface area (Å²) in [5.41, 5.74) is 2.51. The van der Waals surface area contributed by atoms with Crippen molar-refractivity contribution >= 4 is 0 Å². The van der Waals surface area contributed by atoms with Crippen LogP contribution in [0.25, 0.3) is 0 Å². The Labute approximate surface area is 85.1 Å². The standard InChI is InChI=1S/C12H16N2/c1-10-6-11(8-13-7-10)9-14-12-4-2-3-5-12/h2-3,6-8,12,14H,4-5,9H2,1H3. The van der Waals surface area contributed by atoms with Crippen molar-refractivity contribution in [3.8, 4) is 0 Å². The molecular weight excluding hydrogens is 172 g/mol. The number of aryl methyl sites for hydroxylation is 1. The summed E-state index contributed by atoms with van der Waals surface area (Å²) in [5.74, 6) is 0. The minimum absolute atomic E-state index is 0.635. The van der Waals surface area contributed by atoms with E-state index < -0.39 is 0 Å². The van der Waals surface area contributed by atoms with E-state index in [1.54, 1.807) is 0 Å². The summed E-state index contributed by atoms with van der Waals surface area (Å²) in [7, 11) is 0. The maximum absolute atomic E-state index is 4.17. The lowest BCUT2D eigenvalue weighted by molar-refractivity contribution is 0.538. The van der Waals surface area contributed by atoms with Crippen LogP contribution >= 0.6 is 0 Å². The predicted molar refractivity (Wildman–Crippen MR) is 58.0 cm³/mol. The van der Waals surface area contributed by atoms with Crippen LogP contribution in [0.4, 0.5) is 0 Å². The molecule has 0 spiro atoms. The van der Waals surface area contributed by atoms with Crippen molar-refractivity contribution in [2.75, 3.05) is 0 Å². The second-order valence-corrected chi connectivity index (χ2v) is 3.89. The van der Waals surface area contributed by atoms with Gasteiger partial charge in [-0.2, -0.15) is 0 Å². The first-order valence-electron chi connectivity index (χ1n) is 5.13. The molecule has 1 N–H and O–H groups in total. The van der Waals surface area contributed by atoms with Crippen molar-refractivity contribution in [1.82, 2.24) is 10.3 Å². The molecule has 0 bridgehead atoms. The minimum atomic E-state index is 0.635. The van der Waals surface area contributed by atoms with Gasteiger partial charge >= 0.3 is 0 Å². The van der Waals surface area contributed by atoms with Gasteiger partial charge in [-0.05, 0) is 30.9 Å². The predicted octanol–water partition coefficient (Wildman–Crippen LogP) is 2.20. The zero-order valence-corrected chi connectivity index (χ0v) is 8.53. The van der Waals surface area contributed by atoms with Gasteiger partial charge in [0.25, 0.3) is 0 Å². The van der Waals surface area contributed by atoms with Crippen LogP contribution in [-0.2, 0) is 6.54 Å². The zero-order chi connectivity index (χ0) is 9.80. The van der Waals surface area contributed by atoms with Gasteiger partial charge in [-0.3, -0.25) is 4.98 Å². The topological polar surface area (TPSA) is 24.9 Å². The van der Waals surface area contributed by atoms with Crippen molar-refractivity contribution in [1.29, 1.82) is 0 Å². The van der Waals surface area contributed by atoms with E-state index in [2.05, 4.69) is 35.4 Å². The highest BCUT2D eigenvalue weighted by molar-refractivity contribution is 5.16. The van der Waals surface area contributed by atoms with Crippen LogP contribution in [0.5, 0.6) is 0 Å². The Morgan fingerprint density at radius 1 is 1.36 bits per heavy atom. The van der Waals surface area contributed by atoms with Crippen molar-refractivity contribution < 1.29 is 0 Å². The number of hydrogen-bond donors (Lipinski definition) is 1. The lowest BCUT2D eigenvalue weighted by Gasteiger charge is -2.11. The van der Waals surface area contributed by atoms with Crippen LogP contribution in [0.1, 0.15) is 24.0 Å². The summed E-state index contributed by atoms with van der Waals surface area (Å²) in [6, 6.07) is 2.82. The van der Waals surface area contributed by atoms with Gasteiger partial charge in [-0.1, -0.05) is 18.2 Å². The molecule has 1 aliphatic carbocycles. The summed E-state index contributed by atoms with van der Waals surface area (Å²) in [5, 5.41) is 3.52. The lowest BCUT2D eigenvalue weighted by atomic mass is 10.2. The monoisotopic (exact) mass is 188 g/mol. The number of nitrogens with zero attached hydrogens (tertiary/aromatic N) is 1. The highest BCUT2D eigenvalue weighted by Crippen LogP contribution is 2.10. The summed E-state index contributed by atoms with van der Waals surface area (Å²) in [6.07, 6.45) is 10.6. The van der Waals surface area contributed by atoms with Gasteiger partial charge in [-0.25, -0.2) is 0 Å². The van der Waals surface area contributed by atoms with Crippen LogP contribution in [0, 0.1) is 6.92 Å².